The highest BCUT2D eigenvalue weighted by Gasteiger charge is 2.13. The predicted molar refractivity (Wildman–Crippen MR) is 79.4 cm³/mol. The van der Waals surface area contributed by atoms with Gasteiger partial charge in [-0.15, -0.1) is 11.3 Å². The first-order valence-electron chi connectivity index (χ1n) is 5.31. The fourth-order valence-corrected chi connectivity index (χ4v) is 3.08. The summed E-state index contributed by atoms with van der Waals surface area (Å²) in [5, 5.41) is 12.8. The zero-order chi connectivity index (χ0) is 14.0. The minimum Gasteiger partial charge on any atom is -0.383 e. The molecule has 0 fully saturated rings. The lowest BCUT2D eigenvalue weighted by Crippen LogP contribution is -2.17. The molecule has 2 aromatic rings. The quantitative estimate of drug-likeness (QED) is 0.681. The summed E-state index contributed by atoms with van der Waals surface area (Å²) < 4.78 is 1.02. The molecule has 0 aliphatic carbocycles. The average molecular weight is 343 g/mol. The Bertz CT molecular complexity index is 616. The van der Waals surface area contributed by atoms with E-state index in [0.29, 0.717) is 12.4 Å². The molecule has 2 heterocycles. The molecule has 0 aliphatic heterocycles. The summed E-state index contributed by atoms with van der Waals surface area (Å²) in [4.78, 5) is 17.4. The van der Waals surface area contributed by atoms with Crippen LogP contribution in [-0.4, -0.2) is 17.0 Å². The average Bonchev–Trinajstić information content (AvgIpc) is 2.73. The topological polar surface area (TPSA) is 85.3 Å². The summed E-state index contributed by atoms with van der Waals surface area (Å²) in [5.74, 6) is 0.625. The molecule has 0 bridgehead atoms. The lowest BCUT2D eigenvalue weighted by molar-refractivity contribution is -0.384. The predicted octanol–water partition coefficient (Wildman–Crippen LogP) is 3.03. The number of pyridine rings is 1. The van der Waals surface area contributed by atoms with Crippen LogP contribution in [0.25, 0.3) is 0 Å². The van der Waals surface area contributed by atoms with Gasteiger partial charge in [0.05, 0.1) is 23.6 Å². The molecule has 2 aromatic heterocycles. The minimum atomic E-state index is -0.475. The molecule has 0 unspecified atom stereocenters. The number of nitro groups is 1. The molecule has 0 saturated heterocycles. The molecule has 0 aromatic carbocycles. The summed E-state index contributed by atoms with van der Waals surface area (Å²) in [7, 11) is 1.82. The van der Waals surface area contributed by atoms with E-state index in [1.165, 1.54) is 12.1 Å². The van der Waals surface area contributed by atoms with Gasteiger partial charge in [0, 0.05) is 21.8 Å². The van der Waals surface area contributed by atoms with Gasteiger partial charge in [-0.1, -0.05) is 0 Å². The summed E-state index contributed by atoms with van der Waals surface area (Å²) >= 11 is 4.99. The highest BCUT2D eigenvalue weighted by atomic mass is 79.9. The number of nitrogens with zero attached hydrogens (tertiary/aromatic N) is 3. The van der Waals surface area contributed by atoms with E-state index >= 15 is 0 Å². The van der Waals surface area contributed by atoms with Crippen LogP contribution in [0.5, 0.6) is 0 Å². The van der Waals surface area contributed by atoms with Crippen LogP contribution in [-0.2, 0) is 6.54 Å². The van der Waals surface area contributed by atoms with E-state index in [2.05, 4.69) is 20.9 Å². The summed E-state index contributed by atoms with van der Waals surface area (Å²) in [6.07, 6.45) is 0. The zero-order valence-corrected chi connectivity index (χ0v) is 12.4. The van der Waals surface area contributed by atoms with Gasteiger partial charge >= 0.3 is 0 Å². The fourth-order valence-electron chi connectivity index (χ4n) is 1.57. The van der Waals surface area contributed by atoms with Crippen molar-refractivity contribution in [2.45, 2.75) is 6.54 Å². The van der Waals surface area contributed by atoms with Gasteiger partial charge in [0.15, 0.2) is 0 Å². The van der Waals surface area contributed by atoms with Gasteiger partial charge in [0.1, 0.15) is 11.6 Å². The largest absolute Gasteiger partial charge is 0.383 e. The number of hydrogen-bond donors (Lipinski definition) is 1. The molecule has 0 radical (unpaired) electrons. The molecule has 0 spiro atoms. The number of anilines is 2. The third kappa shape index (κ3) is 3.42. The van der Waals surface area contributed by atoms with E-state index in [1.807, 2.05) is 23.4 Å². The smallest absolute Gasteiger partial charge is 0.276 e. The van der Waals surface area contributed by atoms with Crippen LogP contribution < -0.4 is 10.6 Å². The van der Waals surface area contributed by atoms with Crippen molar-refractivity contribution in [3.8, 4) is 0 Å². The SMILES string of the molecule is CN(Cc1cc(Br)cs1)c1cc([N+](=O)[O-])cc(N)n1. The maximum atomic E-state index is 10.8. The van der Waals surface area contributed by atoms with Crippen LogP contribution in [0.15, 0.2) is 28.1 Å². The van der Waals surface area contributed by atoms with Gasteiger partial charge in [0.25, 0.3) is 5.69 Å². The van der Waals surface area contributed by atoms with Crippen LogP contribution in [0, 0.1) is 10.1 Å². The monoisotopic (exact) mass is 342 g/mol. The molecule has 0 amide bonds. The van der Waals surface area contributed by atoms with Crippen molar-refractivity contribution in [1.29, 1.82) is 0 Å². The first-order chi connectivity index (χ1) is 8.95. The number of nitrogen functional groups attached to an aromatic ring is 1. The molecule has 100 valence electrons. The number of halogens is 1. The zero-order valence-electron chi connectivity index (χ0n) is 10.0. The van der Waals surface area contributed by atoms with Crippen molar-refractivity contribution < 1.29 is 4.92 Å². The van der Waals surface area contributed by atoms with Crippen LogP contribution in [0.4, 0.5) is 17.3 Å². The van der Waals surface area contributed by atoms with E-state index in [0.717, 1.165) is 9.35 Å². The van der Waals surface area contributed by atoms with E-state index in [4.69, 9.17) is 5.73 Å². The van der Waals surface area contributed by atoms with Crippen LogP contribution in [0.3, 0.4) is 0 Å². The molecule has 0 aliphatic rings. The van der Waals surface area contributed by atoms with E-state index in [9.17, 15) is 10.1 Å². The maximum Gasteiger partial charge on any atom is 0.276 e. The molecule has 19 heavy (non-hydrogen) atoms. The van der Waals surface area contributed by atoms with Gasteiger partial charge < -0.3 is 10.6 Å². The second-order valence-corrected chi connectivity index (χ2v) is 5.86. The Hall–Kier alpha value is -1.67. The minimum absolute atomic E-state index is 0.0540. The van der Waals surface area contributed by atoms with Crippen molar-refractivity contribution >= 4 is 44.6 Å². The maximum absolute atomic E-state index is 10.8. The normalized spacial score (nSPS) is 10.4. The van der Waals surface area contributed by atoms with E-state index < -0.39 is 4.92 Å². The van der Waals surface area contributed by atoms with E-state index in [1.54, 1.807) is 11.3 Å². The van der Waals surface area contributed by atoms with Crippen LogP contribution >= 0.6 is 27.3 Å². The highest BCUT2D eigenvalue weighted by Crippen LogP contribution is 2.25. The Morgan fingerprint density at radius 1 is 1.53 bits per heavy atom. The van der Waals surface area contributed by atoms with Gasteiger partial charge in [-0.05, 0) is 22.0 Å². The summed E-state index contributed by atoms with van der Waals surface area (Å²) in [6, 6.07) is 4.67. The first-order valence-corrected chi connectivity index (χ1v) is 6.99. The lowest BCUT2D eigenvalue weighted by Gasteiger charge is -2.17. The van der Waals surface area contributed by atoms with Crippen molar-refractivity contribution in [3.63, 3.8) is 0 Å². The molecular weight excluding hydrogens is 332 g/mol. The van der Waals surface area contributed by atoms with Gasteiger partial charge in [-0.2, -0.15) is 0 Å². The van der Waals surface area contributed by atoms with Gasteiger partial charge in [-0.25, -0.2) is 4.98 Å². The van der Waals surface area contributed by atoms with Crippen molar-refractivity contribution in [3.05, 3.63) is 43.0 Å². The number of rotatable bonds is 4. The Balaban J connectivity index is 2.23. The standard InChI is InChI=1S/C11H11BrN4O2S/c1-15(5-9-2-7(12)6-19-9)11-4-8(16(17)18)3-10(13)14-11/h2-4,6H,5H2,1H3,(H2,13,14). The molecule has 0 saturated carbocycles. The second-order valence-electron chi connectivity index (χ2n) is 3.95. The molecule has 8 heteroatoms. The molecule has 6 nitrogen and oxygen atoms in total. The highest BCUT2D eigenvalue weighted by molar-refractivity contribution is 9.10. The third-order valence-electron chi connectivity index (χ3n) is 2.43. The third-order valence-corrected chi connectivity index (χ3v) is 4.12. The fraction of sp³-hybridized carbons (Fsp3) is 0.182. The van der Waals surface area contributed by atoms with Gasteiger partial charge in [0.2, 0.25) is 0 Å². The molecular formula is C11H11BrN4O2S. The summed E-state index contributed by atoms with van der Waals surface area (Å²) in [5.41, 5.74) is 5.53. The van der Waals surface area contributed by atoms with Crippen molar-refractivity contribution in [2.75, 3.05) is 17.7 Å². The van der Waals surface area contributed by atoms with Crippen molar-refractivity contribution in [1.82, 2.24) is 4.98 Å². The molecule has 0 atom stereocenters. The Morgan fingerprint density at radius 3 is 2.84 bits per heavy atom. The number of aromatic nitrogens is 1. The van der Waals surface area contributed by atoms with Gasteiger partial charge in [-0.3, -0.25) is 10.1 Å². The Kier molecular flexibility index (Phi) is 4.01. The van der Waals surface area contributed by atoms with Crippen LogP contribution in [0.1, 0.15) is 4.88 Å². The van der Waals surface area contributed by atoms with Crippen LogP contribution in [0.2, 0.25) is 0 Å². The van der Waals surface area contributed by atoms with Crippen molar-refractivity contribution in [2.24, 2.45) is 0 Å². The first kappa shape index (κ1) is 13.8. The Labute approximate surface area is 122 Å². The number of thiophene rings is 1. The Morgan fingerprint density at radius 2 is 2.26 bits per heavy atom. The second kappa shape index (κ2) is 5.54. The van der Waals surface area contributed by atoms with E-state index in [-0.39, 0.29) is 11.5 Å². The molecule has 2 N–H and O–H groups in total. The number of nitrogens with two attached hydrogens (primary N) is 1. The molecule has 2 rings (SSSR count). The number of hydrogen-bond acceptors (Lipinski definition) is 6. The summed E-state index contributed by atoms with van der Waals surface area (Å²) in [6.45, 7) is 0.615. The lowest BCUT2D eigenvalue weighted by atomic mass is 10.3.